The standard InChI is InChI=1S/C19H13FN6O2S/c1-12-16(3-2-7-21-12)29(27,28)26-19-17(20)14(6-8-22-19)5-4-13-9-15-11-24-25-18(15)23-10-13/h2-3,6-11H,1H3,(H,22,26)(H,23,24,25). The number of sulfonamides is 1. The highest BCUT2D eigenvalue weighted by Gasteiger charge is 2.20. The van der Waals surface area contributed by atoms with Gasteiger partial charge in [-0.3, -0.25) is 14.8 Å². The summed E-state index contributed by atoms with van der Waals surface area (Å²) in [6.07, 6.45) is 5.88. The van der Waals surface area contributed by atoms with E-state index in [9.17, 15) is 12.8 Å². The van der Waals surface area contributed by atoms with E-state index in [2.05, 4.69) is 41.7 Å². The summed E-state index contributed by atoms with van der Waals surface area (Å²) in [6, 6.07) is 5.98. The maximum absolute atomic E-state index is 14.8. The first-order chi connectivity index (χ1) is 13.9. The van der Waals surface area contributed by atoms with Crippen LogP contribution in [0.5, 0.6) is 0 Å². The maximum Gasteiger partial charge on any atom is 0.264 e. The van der Waals surface area contributed by atoms with Gasteiger partial charge >= 0.3 is 0 Å². The average molecular weight is 408 g/mol. The zero-order valence-corrected chi connectivity index (χ0v) is 15.8. The van der Waals surface area contributed by atoms with Crippen LogP contribution in [-0.2, 0) is 10.0 Å². The number of nitrogens with one attached hydrogen (secondary N) is 2. The Balaban J connectivity index is 1.65. The number of aromatic amines is 1. The minimum atomic E-state index is -4.05. The normalized spacial score (nSPS) is 11.1. The average Bonchev–Trinajstić information content (AvgIpc) is 3.16. The molecule has 0 saturated carbocycles. The van der Waals surface area contributed by atoms with Gasteiger partial charge in [-0.1, -0.05) is 11.8 Å². The Morgan fingerprint density at radius 3 is 2.79 bits per heavy atom. The number of hydrogen-bond acceptors (Lipinski definition) is 6. The third-order valence-electron chi connectivity index (χ3n) is 4.00. The van der Waals surface area contributed by atoms with Crippen molar-refractivity contribution in [1.29, 1.82) is 0 Å². The van der Waals surface area contributed by atoms with Crippen LogP contribution in [0.2, 0.25) is 0 Å². The third kappa shape index (κ3) is 3.76. The topological polar surface area (TPSA) is 114 Å². The molecule has 4 heterocycles. The van der Waals surface area contributed by atoms with E-state index in [0.717, 1.165) is 5.39 Å². The minimum absolute atomic E-state index is 0.00657. The molecule has 0 aliphatic rings. The van der Waals surface area contributed by atoms with E-state index < -0.39 is 21.7 Å². The van der Waals surface area contributed by atoms with Gasteiger partial charge in [-0.25, -0.2) is 22.8 Å². The minimum Gasteiger partial charge on any atom is -0.261 e. The van der Waals surface area contributed by atoms with Crippen molar-refractivity contribution >= 4 is 26.9 Å². The van der Waals surface area contributed by atoms with Crippen molar-refractivity contribution in [2.24, 2.45) is 0 Å². The van der Waals surface area contributed by atoms with Crippen molar-refractivity contribution in [1.82, 2.24) is 25.1 Å². The highest BCUT2D eigenvalue weighted by atomic mass is 32.2. The van der Waals surface area contributed by atoms with Crippen LogP contribution in [0.25, 0.3) is 11.0 Å². The number of H-pyrrole nitrogens is 1. The Labute approximate surface area is 165 Å². The van der Waals surface area contributed by atoms with E-state index in [4.69, 9.17) is 0 Å². The van der Waals surface area contributed by atoms with Crippen molar-refractivity contribution in [3.63, 3.8) is 0 Å². The molecule has 0 amide bonds. The van der Waals surface area contributed by atoms with E-state index in [0.29, 0.717) is 16.9 Å². The zero-order valence-electron chi connectivity index (χ0n) is 15.0. The number of rotatable bonds is 3. The summed E-state index contributed by atoms with van der Waals surface area (Å²) in [5, 5.41) is 7.38. The summed E-state index contributed by atoms with van der Waals surface area (Å²) in [4.78, 5) is 11.8. The summed E-state index contributed by atoms with van der Waals surface area (Å²) in [6.45, 7) is 1.55. The van der Waals surface area contributed by atoms with Crippen LogP contribution < -0.4 is 4.72 Å². The Morgan fingerprint density at radius 2 is 1.97 bits per heavy atom. The van der Waals surface area contributed by atoms with Crippen molar-refractivity contribution in [3.05, 3.63) is 71.7 Å². The molecule has 0 atom stereocenters. The maximum atomic E-state index is 14.8. The molecule has 10 heteroatoms. The van der Waals surface area contributed by atoms with Crippen LogP contribution in [0.15, 0.2) is 53.9 Å². The lowest BCUT2D eigenvalue weighted by Crippen LogP contribution is -2.17. The van der Waals surface area contributed by atoms with Gasteiger partial charge in [0.15, 0.2) is 17.3 Å². The second kappa shape index (κ2) is 7.29. The molecule has 2 N–H and O–H groups in total. The monoisotopic (exact) mass is 408 g/mol. The lowest BCUT2D eigenvalue weighted by Gasteiger charge is -2.10. The van der Waals surface area contributed by atoms with Gasteiger partial charge in [-0.2, -0.15) is 5.10 Å². The lowest BCUT2D eigenvalue weighted by atomic mass is 10.2. The highest BCUT2D eigenvalue weighted by molar-refractivity contribution is 7.92. The summed E-state index contributed by atoms with van der Waals surface area (Å²) >= 11 is 0. The number of pyridine rings is 3. The predicted molar refractivity (Wildman–Crippen MR) is 104 cm³/mol. The van der Waals surface area contributed by atoms with Gasteiger partial charge in [-0.05, 0) is 31.2 Å². The summed E-state index contributed by atoms with van der Waals surface area (Å²) < 4.78 is 42.1. The van der Waals surface area contributed by atoms with Gasteiger partial charge in [-0.15, -0.1) is 0 Å². The summed E-state index contributed by atoms with van der Waals surface area (Å²) in [7, 11) is -4.05. The molecule has 0 fully saturated rings. The molecule has 144 valence electrons. The molecule has 0 unspecified atom stereocenters. The number of fused-ring (bicyclic) bond motifs is 1. The molecule has 0 bridgehead atoms. The van der Waals surface area contributed by atoms with Crippen molar-refractivity contribution < 1.29 is 12.8 Å². The molecule has 0 spiro atoms. The first-order valence-electron chi connectivity index (χ1n) is 8.34. The van der Waals surface area contributed by atoms with Crippen LogP contribution in [0, 0.1) is 24.6 Å². The Kier molecular flexibility index (Phi) is 4.66. The quantitative estimate of drug-likeness (QED) is 0.503. The molecule has 0 aromatic carbocycles. The van der Waals surface area contributed by atoms with E-state index in [1.807, 2.05) is 0 Å². The largest absolute Gasteiger partial charge is 0.264 e. The molecule has 8 nitrogen and oxygen atoms in total. The third-order valence-corrected chi connectivity index (χ3v) is 5.47. The van der Waals surface area contributed by atoms with Gasteiger partial charge in [0.1, 0.15) is 4.90 Å². The molecule has 4 rings (SSSR count). The number of nitrogens with zero attached hydrogens (tertiary/aromatic N) is 4. The number of hydrogen-bond donors (Lipinski definition) is 2. The Hall–Kier alpha value is -3.84. The fourth-order valence-electron chi connectivity index (χ4n) is 2.59. The van der Waals surface area contributed by atoms with Crippen LogP contribution in [0.1, 0.15) is 16.8 Å². The number of aryl methyl sites for hydroxylation is 1. The van der Waals surface area contributed by atoms with Gasteiger partial charge in [0.25, 0.3) is 10.0 Å². The predicted octanol–water partition coefficient (Wildman–Crippen LogP) is 2.40. The fourth-order valence-corrected chi connectivity index (χ4v) is 3.80. The van der Waals surface area contributed by atoms with E-state index in [1.165, 1.54) is 36.8 Å². The van der Waals surface area contributed by atoms with Gasteiger partial charge in [0.05, 0.1) is 17.5 Å². The molecular weight excluding hydrogens is 395 g/mol. The Bertz CT molecular complexity index is 1390. The second-order valence-corrected chi connectivity index (χ2v) is 7.65. The molecule has 0 aliphatic heterocycles. The van der Waals surface area contributed by atoms with E-state index >= 15 is 0 Å². The van der Waals surface area contributed by atoms with Crippen LogP contribution in [-0.4, -0.2) is 33.6 Å². The first-order valence-corrected chi connectivity index (χ1v) is 9.82. The zero-order chi connectivity index (χ0) is 20.4. The Morgan fingerprint density at radius 1 is 1.10 bits per heavy atom. The smallest absolute Gasteiger partial charge is 0.261 e. The van der Waals surface area contributed by atoms with Gasteiger partial charge in [0, 0.05) is 29.5 Å². The van der Waals surface area contributed by atoms with Crippen molar-refractivity contribution in [2.75, 3.05) is 4.72 Å². The van der Waals surface area contributed by atoms with Crippen LogP contribution >= 0.6 is 0 Å². The number of halogens is 1. The number of anilines is 1. The van der Waals surface area contributed by atoms with Crippen molar-refractivity contribution in [3.8, 4) is 11.8 Å². The van der Waals surface area contributed by atoms with Gasteiger partial charge in [0.2, 0.25) is 0 Å². The van der Waals surface area contributed by atoms with E-state index in [-0.39, 0.29) is 10.5 Å². The summed E-state index contributed by atoms with van der Waals surface area (Å²) in [5.74, 6) is 4.17. The molecule has 29 heavy (non-hydrogen) atoms. The number of aromatic nitrogens is 5. The van der Waals surface area contributed by atoms with Gasteiger partial charge < -0.3 is 0 Å². The fraction of sp³-hybridized carbons (Fsp3) is 0.0526. The van der Waals surface area contributed by atoms with E-state index in [1.54, 1.807) is 19.2 Å². The van der Waals surface area contributed by atoms with Crippen molar-refractivity contribution in [2.45, 2.75) is 11.8 Å². The van der Waals surface area contributed by atoms with Crippen LogP contribution in [0.3, 0.4) is 0 Å². The molecule has 0 saturated heterocycles. The second-order valence-electron chi connectivity index (χ2n) is 6.00. The molecular formula is C19H13FN6O2S. The van der Waals surface area contributed by atoms with Crippen LogP contribution in [0.4, 0.5) is 10.2 Å². The lowest BCUT2D eigenvalue weighted by molar-refractivity contribution is 0.596. The highest BCUT2D eigenvalue weighted by Crippen LogP contribution is 2.20. The molecule has 0 radical (unpaired) electrons. The first kappa shape index (κ1) is 18.5. The molecule has 4 aromatic rings. The SMILES string of the molecule is Cc1ncccc1S(=O)(=O)Nc1nccc(C#Cc2cnc3[nH]ncc3c2)c1F. The molecule has 0 aliphatic carbocycles. The summed E-state index contributed by atoms with van der Waals surface area (Å²) in [5.41, 5.74) is 1.46. The molecule has 4 aromatic heterocycles.